The van der Waals surface area contributed by atoms with Gasteiger partial charge in [-0.2, -0.15) is 0 Å². The third-order valence-electron chi connectivity index (χ3n) is 2.01. The molecule has 4 nitrogen and oxygen atoms in total. The molecule has 1 aromatic rings. The number of hydrogen-bond acceptors (Lipinski definition) is 3. The number of ether oxygens (including phenoxy) is 2. The van der Waals surface area contributed by atoms with Crippen LogP contribution in [-0.2, 0) is 4.74 Å². The monoisotopic (exact) mass is 227 g/mol. The van der Waals surface area contributed by atoms with Crippen molar-refractivity contribution < 1.29 is 18.7 Å². The van der Waals surface area contributed by atoms with E-state index in [4.69, 9.17) is 9.47 Å². The number of carbonyl (C=O) groups excluding carboxylic acids is 1. The Balaban J connectivity index is 2.66. The lowest BCUT2D eigenvalue weighted by atomic mass is 10.2. The number of nitrogens with one attached hydrogen (secondary N) is 1. The molecule has 16 heavy (non-hydrogen) atoms. The van der Waals surface area contributed by atoms with Gasteiger partial charge >= 0.3 is 0 Å². The Morgan fingerprint density at radius 3 is 2.75 bits per heavy atom. The SMILES string of the molecule is COCCNC(=O)c1ccc(OC)c(F)c1. The van der Waals surface area contributed by atoms with Gasteiger partial charge in [-0.15, -0.1) is 0 Å². The first kappa shape index (κ1) is 12.4. The van der Waals surface area contributed by atoms with Crippen molar-refractivity contribution in [1.82, 2.24) is 5.32 Å². The van der Waals surface area contributed by atoms with Gasteiger partial charge in [-0.1, -0.05) is 0 Å². The van der Waals surface area contributed by atoms with Crippen molar-refractivity contribution in [2.45, 2.75) is 0 Å². The van der Waals surface area contributed by atoms with Gasteiger partial charge in [0.1, 0.15) is 0 Å². The normalized spacial score (nSPS) is 9.94. The van der Waals surface area contributed by atoms with E-state index in [1.807, 2.05) is 0 Å². The average Bonchev–Trinajstić information content (AvgIpc) is 2.29. The second-order valence-corrected chi connectivity index (χ2v) is 3.10. The fourth-order valence-corrected chi connectivity index (χ4v) is 1.18. The molecule has 0 unspecified atom stereocenters. The summed E-state index contributed by atoms with van der Waals surface area (Å²) >= 11 is 0. The largest absolute Gasteiger partial charge is 0.494 e. The van der Waals surface area contributed by atoms with Gasteiger partial charge < -0.3 is 14.8 Å². The van der Waals surface area contributed by atoms with Crippen LogP contribution in [-0.4, -0.2) is 33.3 Å². The summed E-state index contributed by atoms with van der Waals surface area (Å²) in [5, 5.41) is 2.59. The molecule has 0 bridgehead atoms. The molecule has 0 atom stereocenters. The van der Waals surface area contributed by atoms with Crippen molar-refractivity contribution >= 4 is 5.91 Å². The zero-order chi connectivity index (χ0) is 12.0. The number of hydrogen-bond donors (Lipinski definition) is 1. The Morgan fingerprint density at radius 2 is 2.19 bits per heavy atom. The van der Waals surface area contributed by atoms with Crippen molar-refractivity contribution in [2.24, 2.45) is 0 Å². The van der Waals surface area contributed by atoms with E-state index in [2.05, 4.69) is 5.32 Å². The molecular weight excluding hydrogens is 213 g/mol. The van der Waals surface area contributed by atoms with Crippen LogP contribution in [0.15, 0.2) is 18.2 Å². The van der Waals surface area contributed by atoms with Crippen LogP contribution in [0.25, 0.3) is 0 Å². The molecule has 1 N–H and O–H groups in total. The second-order valence-electron chi connectivity index (χ2n) is 3.10. The van der Waals surface area contributed by atoms with Crippen molar-refractivity contribution in [2.75, 3.05) is 27.4 Å². The van der Waals surface area contributed by atoms with E-state index < -0.39 is 5.82 Å². The average molecular weight is 227 g/mol. The van der Waals surface area contributed by atoms with Crippen LogP contribution in [0.4, 0.5) is 4.39 Å². The van der Waals surface area contributed by atoms with Gasteiger partial charge in [-0.05, 0) is 18.2 Å². The third-order valence-corrected chi connectivity index (χ3v) is 2.01. The Hall–Kier alpha value is -1.62. The minimum Gasteiger partial charge on any atom is -0.494 e. The summed E-state index contributed by atoms with van der Waals surface area (Å²) in [4.78, 5) is 11.5. The molecular formula is C11H14FNO3. The van der Waals surface area contributed by atoms with E-state index in [0.717, 1.165) is 6.07 Å². The van der Waals surface area contributed by atoms with Crippen molar-refractivity contribution in [3.8, 4) is 5.75 Å². The van der Waals surface area contributed by atoms with Crippen LogP contribution in [0.2, 0.25) is 0 Å². The highest BCUT2D eigenvalue weighted by atomic mass is 19.1. The molecule has 1 aromatic carbocycles. The molecule has 1 amide bonds. The van der Waals surface area contributed by atoms with E-state index in [1.54, 1.807) is 7.11 Å². The molecule has 0 aliphatic rings. The highest BCUT2D eigenvalue weighted by Gasteiger charge is 2.09. The Morgan fingerprint density at radius 1 is 1.44 bits per heavy atom. The third kappa shape index (κ3) is 3.20. The van der Waals surface area contributed by atoms with Crippen LogP contribution in [0.3, 0.4) is 0 Å². The van der Waals surface area contributed by atoms with Gasteiger partial charge in [-0.3, -0.25) is 4.79 Å². The lowest BCUT2D eigenvalue weighted by molar-refractivity contribution is 0.0936. The molecule has 5 heteroatoms. The molecule has 0 aliphatic carbocycles. The van der Waals surface area contributed by atoms with Crippen LogP contribution >= 0.6 is 0 Å². The number of rotatable bonds is 5. The predicted molar refractivity (Wildman–Crippen MR) is 57.2 cm³/mol. The summed E-state index contributed by atoms with van der Waals surface area (Å²) in [6, 6.07) is 4.06. The van der Waals surface area contributed by atoms with Gasteiger partial charge in [-0.25, -0.2) is 4.39 Å². The topological polar surface area (TPSA) is 47.6 Å². The van der Waals surface area contributed by atoms with E-state index in [-0.39, 0.29) is 17.2 Å². The lowest BCUT2D eigenvalue weighted by Gasteiger charge is -2.06. The summed E-state index contributed by atoms with van der Waals surface area (Å²) in [6.45, 7) is 0.813. The standard InChI is InChI=1S/C11H14FNO3/c1-15-6-5-13-11(14)8-3-4-10(16-2)9(12)7-8/h3-4,7H,5-6H2,1-2H3,(H,13,14). The van der Waals surface area contributed by atoms with Crippen LogP contribution in [0, 0.1) is 5.82 Å². The Kier molecular flexibility index (Phi) is 4.72. The van der Waals surface area contributed by atoms with Crippen molar-refractivity contribution in [3.05, 3.63) is 29.6 Å². The number of methoxy groups -OCH3 is 2. The van der Waals surface area contributed by atoms with E-state index in [9.17, 15) is 9.18 Å². The fraction of sp³-hybridized carbons (Fsp3) is 0.364. The summed E-state index contributed by atoms with van der Waals surface area (Å²) in [6.07, 6.45) is 0. The van der Waals surface area contributed by atoms with Gasteiger partial charge in [0.2, 0.25) is 0 Å². The van der Waals surface area contributed by atoms with Gasteiger partial charge in [0.15, 0.2) is 11.6 Å². The van der Waals surface area contributed by atoms with Crippen molar-refractivity contribution in [3.63, 3.8) is 0 Å². The zero-order valence-electron chi connectivity index (χ0n) is 9.25. The molecule has 1 rings (SSSR count). The van der Waals surface area contributed by atoms with Gasteiger partial charge in [0, 0.05) is 19.2 Å². The number of benzene rings is 1. The number of amides is 1. The van der Waals surface area contributed by atoms with Crippen LogP contribution in [0.1, 0.15) is 10.4 Å². The highest BCUT2D eigenvalue weighted by molar-refractivity contribution is 5.94. The molecule has 0 heterocycles. The zero-order valence-corrected chi connectivity index (χ0v) is 9.25. The molecule has 88 valence electrons. The number of halogens is 1. The first-order valence-corrected chi connectivity index (χ1v) is 4.79. The van der Waals surface area contributed by atoms with Crippen LogP contribution in [0.5, 0.6) is 5.75 Å². The predicted octanol–water partition coefficient (Wildman–Crippen LogP) is 1.21. The summed E-state index contributed by atoms with van der Waals surface area (Å²) in [7, 11) is 2.91. The minimum absolute atomic E-state index is 0.119. The first-order valence-electron chi connectivity index (χ1n) is 4.79. The smallest absolute Gasteiger partial charge is 0.251 e. The second kappa shape index (κ2) is 6.07. The first-order chi connectivity index (χ1) is 7.69. The fourth-order valence-electron chi connectivity index (χ4n) is 1.18. The van der Waals surface area contributed by atoms with Gasteiger partial charge in [0.05, 0.1) is 13.7 Å². The maximum Gasteiger partial charge on any atom is 0.251 e. The minimum atomic E-state index is -0.554. The van der Waals surface area contributed by atoms with Crippen molar-refractivity contribution in [1.29, 1.82) is 0 Å². The Bertz CT molecular complexity index is 368. The highest BCUT2D eigenvalue weighted by Crippen LogP contribution is 2.17. The molecule has 0 saturated carbocycles. The summed E-state index contributed by atoms with van der Waals surface area (Å²) in [5.41, 5.74) is 0.259. The van der Waals surface area contributed by atoms with Crippen LogP contribution < -0.4 is 10.1 Å². The van der Waals surface area contributed by atoms with E-state index >= 15 is 0 Å². The maximum atomic E-state index is 13.3. The maximum absolute atomic E-state index is 13.3. The lowest BCUT2D eigenvalue weighted by Crippen LogP contribution is -2.26. The molecule has 0 aromatic heterocycles. The Labute approximate surface area is 93.4 Å². The summed E-state index contributed by atoms with van der Waals surface area (Å²) in [5.74, 6) is -0.770. The molecule has 0 aliphatic heterocycles. The summed E-state index contributed by atoms with van der Waals surface area (Å²) < 4.78 is 22.8. The molecule has 0 spiro atoms. The molecule has 0 radical (unpaired) electrons. The van der Waals surface area contributed by atoms with E-state index in [0.29, 0.717) is 13.2 Å². The molecule has 0 saturated heterocycles. The van der Waals surface area contributed by atoms with Gasteiger partial charge in [0.25, 0.3) is 5.91 Å². The molecule has 0 fully saturated rings. The number of carbonyl (C=O) groups is 1. The van der Waals surface area contributed by atoms with E-state index in [1.165, 1.54) is 19.2 Å². The quantitative estimate of drug-likeness (QED) is 0.769.